The number of nitrogens with one attached hydrogen (secondary N) is 1. The summed E-state index contributed by atoms with van der Waals surface area (Å²) in [6, 6.07) is 14.4. The smallest absolute Gasteiger partial charge is 0.251 e. The van der Waals surface area contributed by atoms with E-state index in [0.717, 1.165) is 30.6 Å². The highest BCUT2D eigenvalue weighted by Crippen LogP contribution is 2.21. The zero-order valence-corrected chi connectivity index (χ0v) is 17.7. The van der Waals surface area contributed by atoms with E-state index in [9.17, 15) is 13.2 Å². The summed E-state index contributed by atoms with van der Waals surface area (Å²) in [7, 11) is -3.42. The van der Waals surface area contributed by atoms with Crippen LogP contribution in [-0.2, 0) is 22.3 Å². The van der Waals surface area contributed by atoms with E-state index in [-0.39, 0.29) is 5.91 Å². The third-order valence-electron chi connectivity index (χ3n) is 4.86. The molecular formula is C21H26N2O3S2. The highest BCUT2D eigenvalue weighted by molar-refractivity contribution is 7.97. The number of hydrogen-bond donors (Lipinski definition) is 1. The lowest BCUT2D eigenvalue weighted by Gasteiger charge is -2.25. The normalized spacial score (nSPS) is 15.3. The molecule has 0 saturated carbocycles. The molecule has 1 N–H and O–H groups in total. The van der Waals surface area contributed by atoms with Crippen LogP contribution >= 0.6 is 11.8 Å². The number of thioether (sulfide) groups is 1. The van der Waals surface area contributed by atoms with Gasteiger partial charge in [0.1, 0.15) is 0 Å². The first kappa shape index (κ1) is 20.9. The van der Waals surface area contributed by atoms with Crippen molar-refractivity contribution in [2.45, 2.75) is 36.5 Å². The Morgan fingerprint density at radius 1 is 0.964 bits per heavy atom. The van der Waals surface area contributed by atoms with Gasteiger partial charge in [0.2, 0.25) is 10.0 Å². The van der Waals surface area contributed by atoms with Gasteiger partial charge in [-0.2, -0.15) is 16.1 Å². The van der Waals surface area contributed by atoms with E-state index in [2.05, 4.69) is 5.32 Å². The molecule has 0 radical (unpaired) electrons. The monoisotopic (exact) mass is 418 g/mol. The molecule has 0 atom stereocenters. The van der Waals surface area contributed by atoms with Crippen molar-refractivity contribution in [1.29, 1.82) is 0 Å². The van der Waals surface area contributed by atoms with Gasteiger partial charge in [0.15, 0.2) is 0 Å². The summed E-state index contributed by atoms with van der Waals surface area (Å²) < 4.78 is 26.9. The van der Waals surface area contributed by atoms with Crippen molar-refractivity contribution in [3.05, 3.63) is 65.2 Å². The molecule has 28 heavy (non-hydrogen) atoms. The van der Waals surface area contributed by atoms with E-state index in [1.54, 1.807) is 40.3 Å². The van der Waals surface area contributed by atoms with E-state index >= 15 is 0 Å². The van der Waals surface area contributed by atoms with E-state index in [0.29, 0.717) is 30.1 Å². The topological polar surface area (TPSA) is 66.5 Å². The van der Waals surface area contributed by atoms with Crippen molar-refractivity contribution in [2.24, 2.45) is 0 Å². The Hall–Kier alpha value is -1.83. The maximum atomic E-state index is 12.7. The number of sulfonamides is 1. The number of rotatable bonds is 7. The zero-order chi connectivity index (χ0) is 20.0. The van der Waals surface area contributed by atoms with Crippen molar-refractivity contribution in [3.8, 4) is 0 Å². The molecule has 0 aliphatic carbocycles. The van der Waals surface area contributed by atoms with Crippen molar-refractivity contribution in [3.63, 3.8) is 0 Å². The van der Waals surface area contributed by atoms with Crippen LogP contribution in [-0.4, -0.2) is 38.0 Å². The molecule has 5 nitrogen and oxygen atoms in total. The number of benzene rings is 2. The molecular weight excluding hydrogens is 392 g/mol. The molecule has 0 aromatic heterocycles. The van der Waals surface area contributed by atoms with E-state index in [4.69, 9.17) is 0 Å². The zero-order valence-electron chi connectivity index (χ0n) is 16.1. The molecule has 7 heteroatoms. The first-order valence-electron chi connectivity index (χ1n) is 9.46. The molecule has 1 aliphatic heterocycles. The number of piperidine rings is 1. The standard InChI is InChI=1S/C21H26N2O3S2/c1-27-16-18-5-9-19(10-6-18)21(24)22-15-17-7-11-20(12-8-17)28(25,26)23-13-3-2-4-14-23/h5-12H,2-4,13-16H2,1H3,(H,22,24). The predicted octanol–water partition coefficient (Wildman–Crippen LogP) is 3.65. The van der Waals surface area contributed by atoms with Gasteiger partial charge >= 0.3 is 0 Å². The Labute approximate surface area is 171 Å². The van der Waals surface area contributed by atoms with Crippen LogP contribution < -0.4 is 5.32 Å². The predicted molar refractivity (Wildman–Crippen MR) is 114 cm³/mol. The maximum absolute atomic E-state index is 12.7. The second-order valence-electron chi connectivity index (χ2n) is 6.92. The van der Waals surface area contributed by atoms with Crippen molar-refractivity contribution in [1.82, 2.24) is 9.62 Å². The highest BCUT2D eigenvalue weighted by atomic mass is 32.2. The number of amides is 1. The first-order chi connectivity index (χ1) is 13.5. The van der Waals surface area contributed by atoms with Crippen LogP contribution in [0, 0.1) is 0 Å². The fraction of sp³-hybridized carbons (Fsp3) is 0.381. The fourth-order valence-corrected chi connectivity index (χ4v) is 5.28. The van der Waals surface area contributed by atoms with Gasteiger partial charge in [0.25, 0.3) is 5.91 Å². The summed E-state index contributed by atoms with van der Waals surface area (Å²) in [5, 5.41) is 2.88. The number of carbonyl (C=O) groups excluding carboxylic acids is 1. The molecule has 2 aromatic rings. The molecule has 1 fully saturated rings. The summed E-state index contributed by atoms with van der Waals surface area (Å²) in [6.07, 6.45) is 4.97. The van der Waals surface area contributed by atoms with E-state index in [1.807, 2.05) is 30.5 Å². The summed E-state index contributed by atoms with van der Waals surface area (Å²) in [5.74, 6) is 0.787. The van der Waals surface area contributed by atoms with E-state index in [1.165, 1.54) is 5.56 Å². The number of hydrogen-bond acceptors (Lipinski definition) is 4. The second-order valence-corrected chi connectivity index (χ2v) is 9.73. The van der Waals surface area contributed by atoms with Gasteiger partial charge in [-0.1, -0.05) is 30.7 Å². The summed E-state index contributed by atoms with van der Waals surface area (Å²) in [4.78, 5) is 12.6. The van der Waals surface area contributed by atoms with Gasteiger partial charge in [0.05, 0.1) is 4.90 Å². The minimum atomic E-state index is -3.42. The molecule has 0 spiro atoms. The third kappa shape index (κ3) is 5.16. The van der Waals surface area contributed by atoms with E-state index < -0.39 is 10.0 Å². The summed E-state index contributed by atoms with van der Waals surface area (Å²) >= 11 is 1.74. The fourth-order valence-electron chi connectivity index (χ4n) is 3.24. The Balaban J connectivity index is 1.58. The van der Waals surface area contributed by atoms with Crippen LogP contribution in [0.1, 0.15) is 40.7 Å². The molecule has 1 amide bonds. The van der Waals surface area contributed by atoms with Gasteiger partial charge in [-0.25, -0.2) is 8.42 Å². The minimum Gasteiger partial charge on any atom is -0.348 e. The Morgan fingerprint density at radius 3 is 2.18 bits per heavy atom. The Morgan fingerprint density at radius 2 is 1.57 bits per heavy atom. The van der Waals surface area contributed by atoms with Crippen LogP contribution in [0.25, 0.3) is 0 Å². The molecule has 0 bridgehead atoms. The van der Waals surface area contributed by atoms with Crippen LogP contribution in [0.5, 0.6) is 0 Å². The van der Waals surface area contributed by atoms with Crippen molar-refractivity contribution < 1.29 is 13.2 Å². The molecule has 150 valence electrons. The number of carbonyl (C=O) groups is 1. The summed E-state index contributed by atoms with van der Waals surface area (Å²) in [6.45, 7) is 1.54. The van der Waals surface area contributed by atoms with Crippen molar-refractivity contribution >= 4 is 27.7 Å². The average molecular weight is 419 g/mol. The van der Waals surface area contributed by atoms with Gasteiger partial charge < -0.3 is 5.32 Å². The quantitative estimate of drug-likeness (QED) is 0.745. The largest absolute Gasteiger partial charge is 0.348 e. The SMILES string of the molecule is CSCc1ccc(C(=O)NCc2ccc(S(=O)(=O)N3CCCCC3)cc2)cc1. The molecule has 3 rings (SSSR count). The van der Waals surface area contributed by atoms with Gasteiger partial charge in [-0.3, -0.25) is 4.79 Å². The molecule has 1 saturated heterocycles. The first-order valence-corrected chi connectivity index (χ1v) is 12.3. The lowest BCUT2D eigenvalue weighted by molar-refractivity contribution is 0.0951. The van der Waals surface area contributed by atoms with Gasteiger partial charge in [-0.05, 0) is 54.5 Å². The third-order valence-corrected chi connectivity index (χ3v) is 7.39. The summed E-state index contributed by atoms with van der Waals surface area (Å²) in [5.41, 5.74) is 2.67. The van der Waals surface area contributed by atoms with Crippen LogP contribution in [0.2, 0.25) is 0 Å². The second kappa shape index (κ2) is 9.58. The lowest BCUT2D eigenvalue weighted by atomic mass is 10.1. The van der Waals surface area contributed by atoms with Crippen LogP contribution in [0.15, 0.2) is 53.4 Å². The van der Waals surface area contributed by atoms with Gasteiger partial charge in [0, 0.05) is 31.0 Å². The number of nitrogens with zero attached hydrogens (tertiary/aromatic N) is 1. The molecule has 0 unspecified atom stereocenters. The average Bonchev–Trinajstić information content (AvgIpc) is 2.74. The van der Waals surface area contributed by atoms with Crippen LogP contribution in [0.4, 0.5) is 0 Å². The minimum absolute atomic E-state index is 0.138. The highest BCUT2D eigenvalue weighted by Gasteiger charge is 2.25. The Kier molecular flexibility index (Phi) is 7.15. The molecule has 2 aromatic carbocycles. The lowest BCUT2D eigenvalue weighted by Crippen LogP contribution is -2.35. The van der Waals surface area contributed by atoms with Crippen LogP contribution in [0.3, 0.4) is 0 Å². The van der Waals surface area contributed by atoms with Gasteiger partial charge in [-0.15, -0.1) is 0 Å². The Bertz CT molecular complexity index is 888. The maximum Gasteiger partial charge on any atom is 0.251 e. The van der Waals surface area contributed by atoms with Crippen molar-refractivity contribution in [2.75, 3.05) is 19.3 Å². The molecule has 1 aliphatic rings. The molecule has 1 heterocycles.